The van der Waals surface area contributed by atoms with Crippen LogP contribution in [0.25, 0.3) is 0 Å². The average molecular weight is 377 g/mol. The Labute approximate surface area is 149 Å². The van der Waals surface area contributed by atoms with E-state index in [4.69, 9.17) is 9.47 Å². The van der Waals surface area contributed by atoms with Gasteiger partial charge in [-0.05, 0) is 26.8 Å². The van der Waals surface area contributed by atoms with Gasteiger partial charge >= 0.3 is 18.1 Å². The van der Waals surface area contributed by atoms with Gasteiger partial charge in [0.1, 0.15) is 17.4 Å². The molecule has 0 radical (unpaired) electrons. The van der Waals surface area contributed by atoms with Gasteiger partial charge in [-0.15, -0.1) is 0 Å². The van der Waals surface area contributed by atoms with Crippen LogP contribution >= 0.6 is 0 Å². The van der Waals surface area contributed by atoms with E-state index in [-0.39, 0.29) is 11.3 Å². The normalized spacial score (nSPS) is 14.3. The number of nitrogens with one attached hydrogen (secondary N) is 1. The molecular weight excluding hydrogens is 355 g/mol. The lowest BCUT2D eigenvalue weighted by Gasteiger charge is -2.30. The number of carbonyl (C=O) groups excluding carboxylic acids is 2. The molecule has 2 N–H and O–H groups in total. The maximum Gasteiger partial charge on any atom is 0.471 e. The number of hydrogen-bond acceptors (Lipinski definition) is 5. The number of halogens is 3. The summed E-state index contributed by atoms with van der Waals surface area (Å²) in [5.41, 5.74) is -0.741. The third-order valence-electron chi connectivity index (χ3n) is 3.34. The molecule has 1 aromatic carbocycles. The van der Waals surface area contributed by atoms with Gasteiger partial charge in [-0.1, -0.05) is 18.2 Å². The first kappa shape index (κ1) is 21.8. The molecule has 6 nitrogen and oxygen atoms in total. The molecule has 9 heteroatoms. The minimum Gasteiger partial charge on any atom is -0.496 e. The summed E-state index contributed by atoms with van der Waals surface area (Å²) in [4.78, 5) is 23.8. The molecule has 146 valence electrons. The van der Waals surface area contributed by atoms with Gasteiger partial charge in [0.15, 0.2) is 0 Å². The highest BCUT2D eigenvalue weighted by Gasteiger charge is 2.44. The fourth-order valence-electron chi connectivity index (χ4n) is 2.27. The number of aliphatic hydroxyl groups is 1. The Morgan fingerprint density at radius 2 is 1.77 bits per heavy atom. The lowest BCUT2D eigenvalue weighted by atomic mass is 9.91. The molecule has 0 fully saturated rings. The summed E-state index contributed by atoms with van der Waals surface area (Å²) in [5, 5.41) is 11.4. The van der Waals surface area contributed by atoms with Crippen LogP contribution in [-0.2, 0) is 14.3 Å². The molecule has 2 atom stereocenters. The highest BCUT2D eigenvalue weighted by atomic mass is 19.4. The van der Waals surface area contributed by atoms with Crippen LogP contribution in [0.4, 0.5) is 13.2 Å². The van der Waals surface area contributed by atoms with Gasteiger partial charge in [-0.2, -0.15) is 13.2 Å². The minimum absolute atomic E-state index is 0.251. The number of rotatable bonds is 6. The molecule has 0 saturated carbocycles. The average Bonchev–Trinajstić information content (AvgIpc) is 2.52. The number of ether oxygens (including phenoxy) is 2. The SMILES string of the molecule is COc1ccccc1[C@H](CO)[C@@H](NC(=O)C(F)(F)F)C(=O)OC(C)(C)C. The quantitative estimate of drug-likeness (QED) is 0.742. The number of para-hydroxylation sites is 1. The fraction of sp³-hybridized carbons (Fsp3) is 0.529. The fourth-order valence-corrected chi connectivity index (χ4v) is 2.27. The zero-order valence-corrected chi connectivity index (χ0v) is 14.9. The molecule has 0 aromatic heterocycles. The van der Waals surface area contributed by atoms with Crippen LogP contribution in [0.1, 0.15) is 32.3 Å². The van der Waals surface area contributed by atoms with E-state index in [0.29, 0.717) is 0 Å². The first-order chi connectivity index (χ1) is 11.9. The van der Waals surface area contributed by atoms with Crippen molar-refractivity contribution in [3.05, 3.63) is 29.8 Å². The number of amides is 1. The molecule has 1 aromatic rings. The molecule has 26 heavy (non-hydrogen) atoms. The van der Waals surface area contributed by atoms with Gasteiger partial charge in [-0.3, -0.25) is 4.79 Å². The molecule has 0 spiro atoms. The Morgan fingerprint density at radius 3 is 2.23 bits per heavy atom. The van der Waals surface area contributed by atoms with Gasteiger partial charge in [0, 0.05) is 11.5 Å². The van der Waals surface area contributed by atoms with E-state index >= 15 is 0 Å². The number of aliphatic hydroxyl groups excluding tert-OH is 1. The monoisotopic (exact) mass is 377 g/mol. The minimum atomic E-state index is -5.19. The van der Waals surface area contributed by atoms with Crippen molar-refractivity contribution >= 4 is 11.9 Å². The molecule has 0 unspecified atom stereocenters. The van der Waals surface area contributed by atoms with Crippen molar-refractivity contribution in [1.29, 1.82) is 0 Å². The van der Waals surface area contributed by atoms with Gasteiger partial charge < -0.3 is 19.9 Å². The second-order valence-electron chi connectivity index (χ2n) is 6.51. The van der Waals surface area contributed by atoms with E-state index in [1.54, 1.807) is 17.4 Å². The van der Waals surface area contributed by atoms with Crippen LogP contribution in [0.15, 0.2) is 24.3 Å². The first-order valence-corrected chi connectivity index (χ1v) is 7.75. The third-order valence-corrected chi connectivity index (χ3v) is 3.34. The van der Waals surface area contributed by atoms with Crippen molar-refractivity contribution in [2.75, 3.05) is 13.7 Å². The summed E-state index contributed by atoms with van der Waals surface area (Å²) in [6.45, 7) is 3.88. The van der Waals surface area contributed by atoms with Crippen LogP contribution in [0.5, 0.6) is 5.75 Å². The molecule has 0 heterocycles. The molecule has 0 aliphatic rings. The predicted octanol–water partition coefficient (Wildman–Crippen LogP) is 2.16. The molecular formula is C17H22F3NO5. The van der Waals surface area contributed by atoms with Crippen LogP contribution in [-0.4, -0.2) is 48.5 Å². The molecule has 0 saturated heterocycles. The Kier molecular flexibility index (Phi) is 7.02. The topological polar surface area (TPSA) is 84.9 Å². The van der Waals surface area contributed by atoms with Crippen molar-refractivity contribution in [3.8, 4) is 5.75 Å². The Morgan fingerprint density at radius 1 is 1.19 bits per heavy atom. The van der Waals surface area contributed by atoms with Crippen LogP contribution < -0.4 is 10.1 Å². The highest BCUT2D eigenvalue weighted by Crippen LogP contribution is 2.30. The van der Waals surface area contributed by atoms with E-state index < -0.39 is 42.2 Å². The largest absolute Gasteiger partial charge is 0.496 e. The highest BCUT2D eigenvalue weighted by molar-refractivity contribution is 5.88. The summed E-state index contributed by atoms with van der Waals surface area (Å²) in [6.07, 6.45) is -5.19. The molecule has 0 aliphatic heterocycles. The maximum absolute atomic E-state index is 12.7. The van der Waals surface area contributed by atoms with E-state index in [2.05, 4.69) is 0 Å². The zero-order chi connectivity index (χ0) is 20.1. The summed E-state index contributed by atoms with van der Waals surface area (Å²) < 4.78 is 48.3. The van der Waals surface area contributed by atoms with Crippen molar-refractivity contribution < 1.29 is 37.3 Å². The van der Waals surface area contributed by atoms with Crippen molar-refractivity contribution in [2.24, 2.45) is 0 Å². The van der Waals surface area contributed by atoms with Crippen molar-refractivity contribution in [2.45, 2.75) is 44.5 Å². The molecule has 0 bridgehead atoms. The number of esters is 1. The summed E-state index contributed by atoms with van der Waals surface area (Å²) >= 11 is 0. The Bertz CT molecular complexity index is 640. The number of hydrogen-bond donors (Lipinski definition) is 2. The lowest BCUT2D eigenvalue weighted by molar-refractivity contribution is -0.177. The van der Waals surface area contributed by atoms with E-state index in [9.17, 15) is 27.9 Å². The lowest BCUT2D eigenvalue weighted by Crippen LogP contribution is -2.52. The maximum atomic E-state index is 12.7. The van der Waals surface area contributed by atoms with E-state index in [1.165, 1.54) is 40.0 Å². The van der Waals surface area contributed by atoms with Gasteiger partial charge in [0.05, 0.1) is 13.7 Å². The van der Waals surface area contributed by atoms with Gasteiger partial charge in [0.2, 0.25) is 0 Å². The standard InChI is InChI=1S/C17H22F3NO5/c1-16(2,3)26-14(23)13(21-15(24)17(18,19)20)11(9-22)10-7-5-6-8-12(10)25-4/h5-8,11,13,22H,9H2,1-4H3,(H,21,24)/t11-,13+/m0/s1. The molecule has 1 rings (SSSR count). The second kappa shape index (κ2) is 8.39. The van der Waals surface area contributed by atoms with Crippen molar-refractivity contribution in [3.63, 3.8) is 0 Å². The van der Waals surface area contributed by atoms with Gasteiger partial charge in [-0.25, -0.2) is 4.79 Å². The summed E-state index contributed by atoms with van der Waals surface area (Å²) in [6, 6.07) is 4.43. The smallest absolute Gasteiger partial charge is 0.471 e. The Balaban J connectivity index is 3.31. The Hall–Kier alpha value is -2.29. The van der Waals surface area contributed by atoms with Crippen LogP contribution in [0.3, 0.4) is 0 Å². The predicted molar refractivity (Wildman–Crippen MR) is 86.7 cm³/mol. The van der Waals surface area contributed by atoms with Gasteiger partial charge in [0.25, 0.3) is 0 Å². The number of methoxy groups -OCH3 is 1. The van der Waals surface area contributed by atoms with E-state index in [0.717, 1.165) is 0 Å². The van der Waals surface area contributed by atoms with Crippen molar-refractivity contribution in [1.82, 2.24) is 5.32 Å². The van der Waals surface area contributed by atoms with Crippen LogP contribution in [0, 0.1) is 0 Å². The second-order valence-corrected chi connectivity index (χ2v) is 6.51. The number of alkyl halides is 3. The van der Waals surface area contributed by atoms with E-state index in [1.807, 2.05) is 0 Å². The summed E-state index contributed by atoms with van der Waals surface area (Å²) in [5.74, 6) is -4.35. The molecule has 0 aliphatic carbocycles. The summed E-state index contributed by atoms with van der Waals surface area (Å²) in [7, 11) is 1.34. The number of benzene rings is 1. The van der Waals surface area contributed by atoms with Crippen LogP contribution in [0.2, 0.25) is 0 Å². The molecule has 1 amide bonds. The zero-order valence-electron chi connectivity index (χ0n) is 14.9. The first-order valence-electron chi connectivity index (χ1n) is 7.75. The number of carbonyl (C=O) groups is 2. The third kappa shape index (κ3) is 5.91.